The first-order chi connectivity index (χ1) is 15.9. The van der Waals surface area contributed by atoms with Gasteiger partial charge >= 0.3 is 0 Å². The number of rotatable bonds is 20. The molecule has 0 fully saturated rings. The number of aliphatic hydroxyl groups is 1. The van der Waals surface area contributed by atoms with Crippen LogP contribution in [0, 0.1) is 0 Å². The molecule has 0 aliphatic rings. The van der Waals surface area contributed by atoms with E-state index in [2.05, 4.69) is 27.9 Å². The van der Waals surface area contributed by atoms with Crippen molar-refractivity contribution in [1.29, 1.82) is 0 Å². The molecule has 34 heavy (non-hydrogen) atoms. The highest BCUT2D eigenvalue weighted by atomic mass is 31.2. The number of nitrogens with zero attached hydrogens (tertiary/aromatic N) is 1. The second-order valence-electron chi connectivity index (χ2n) is 9.76. The number of aliphatic hydroxyl groups excluding tert-OH is 1. The number of primary amides is 1. The highest BCUT2D eigenvalue weighted by Crippen LogP contribution is 2.19. The van der Waals surface area contributed by atoms with Crippen LogP contribution in [0.5, 0.6) is 0 Å². The van der Waals surface area contributed by atoms with Gasteiger partial charge in [0.2, 0.25) is 5.91 Å². The maximum atomic E-state index is 10.6. The van der Waals surface area contributed by atoms with Crippen LogP contribution in [0.25, 0.3) is 0 Å². The van der Waals surface area contributed by atoms with Crippen molar-refractivity contribution in [3.05, 3.63) is 0 Å². The van der Waals surface area contributed by atoms with Crippen LogP contribution < -0.4 is 10.6 Å². The number of unbranched alkanes of at least 4 members (excludes halogenated alkanes) is 14. The Morgan fingerprint density at radius 3 is 1.32 bits per heavy atom. The van der Waals surface area contributed by atoms with Crippen LogP contribution in [0.1, 0.15) is 123 Å². The maximum Gasteiger partial charge on any atom is 0.262 e. The van der Waals surface area contributed by atoms with E-state index in [0.29, 0.717) is 13.0 Å². The molecule has 0 aliphatic carbocycles. The number of amides is 1. The number of nitrogens with two attached hydrogens (primary N) is 1. The van der Waals surface area contributed by atoms with E-state index in [4.69, 9.17) is 30.1 Å². The first kappa shape index (κ1) is 38.0. The lowest BCUT2D eigenvalue weighted by atomic mass is 10.0. The molecule has 0 bridgehead atoms. The molecule has 0 aromatic carbocycles. The lowest BCUT2D eigenvalue weighted by Gasteiger charge is -2.28. The monoisotopic (exact) mass is 512 g/mol. The van der Waals surface area contributed by atoms with Crippen molar-refractivity contribution in [2.24, 2.45) is 5.73 Å². The minimum Gasteiger partial charge on any atom is -0.756 e. The van der Waals surface area contributed by atoms with Crippen LogP contribution in [0.2, 0.25) is 0 Å². The summed E-state index contributed by atoms with van der Waals surface area (Å²) in [4.78, 5) is 33.5. The summed E-state index contributed by atoms with van der Waals surface area (Å²) in [5, 5.41) is 8.61. The van der Waals surface area contributed by atoms with Crippen LogP contribution in [0.15, 0.2) is 0 Å². The predicted octanol–water partition coefficient (Wildman–Crippen LogP) is 4.64. The van der Waals surface area contributed by atoms with Gasteiger partial charge in [0.25, 0.3) is 7.82 Å². The summed E-state index contributed by atoms with van der Waals surface area (Å²) in [7, 11) is -0.612. The van der Waals surface area contributed by atoms with Crippen molar-refractivity contribution in [2.75, 3.05) is 33.8 Å². The fourth-order valence-corrected chi connectivity index (χ4v) is 3.66. The van der Waals surface area contributed by atoms with Gasteiger partial charge in [-0.1, -0.05) is 104 Å². The van der Waals surface area contributed by atoms with Gasteiger partial charge < -0.3 is 30.0 Å². The molecule has 0 saturated carbocycles. The Morgan fingerprint density at radius 2 is 1.06 bits per heavy atom. The number of hydrogen-bond acceptors (Lipinski definition) is 4. The SMILES string of the molecule is CCCCCCCCCCCCCCCCCC(N)=O.CCC[N+](C)(C)CCO.O=P([O-])(O)O. The quantitative estimate of drug-likeness (QED) is 0.106. The second-order valence-corrected chi connectivity index (χ2v) is 10.7. The third-order valence-corrected chi connectivity index (χ3v) is 5.56. The van der Waals surface area contributed by atoms with Gasteiger partial charge in [-0.15, -0.1) is 0 Å². The molecule has 1 amide bonds. The summed E-state index contributed by atoms with van der Waals surface area (Å²) in [6.45, 7) is 6.76. The van der Waals surface area contributed by atoms with E-state index in [-0.39, 0.29) is 5.91 Å². The third-order valence-electron chi connectivity index (χ3n) is 5.56. The molecule has 5 N–H and O–H groups in total. The van der Waals surface area contributed by atoms with Gasteiger partial charge in [0, 0.05) is 6.42 Å². The van der Waals surface area contributed by atoms with Crippen LogP contribution in [0.4, 0.5) is 0 Å². The van der Waals surface area contributed by atoms with Crippen molar-refractivity contribution in [1.82, 2.24) is 0 Å². The van der Waals surface area contributed by atoms with E-state index in [0.717, 1.165) is 24.0 Å². The lowest BCUT2D eigenvalue weighted by Crippen LogP contribution is -2.42. The molecule has 9 heteroatoms. The molecule has 0 heterocycles. The third kappa shape index (κ3) is 48.8. The highest BCUT2D eigenvalue weighted by molar-refractivity contribution is 7.43. The Morgan fingerprint density at radius 1 is 0.735 bits per heavy atom. The average molecular weight is 513 g/mol. The minimum absolute atomic E-state index is 0.153. The second kappa shape index (κ2) is 27.1. The molecule has 0 rings (SSSR count). The molecule has 0 aromatic rings. The molecule has 0 atom stereocenters. The summed E-state index contributed by atoms with van der Waals surface area (Å²) in [5.74, 6) is -0.153. The van der Waals surface area contributed by atoms with Crippen LogP contribution in [-0.2, 0) is 9.36 Å². The van der Waals surface area contributed by atoms with E-state index >= 15 is 0 Å². The normalized spacial score (nSPS) is 11.3. The van der Waals surface area contributed by atoms with Crippen molar-refractivity contribution in [3.63, 3.8) is 0 Å². The summed E-state index contributed by atoms with van der Waals surface area (Å²) < 4.78 is 9.71. The van der Waals surface area contributed by atoms with Crippen molar-refractivity contribution < 1.29 is 33.6 Å². The van der Waals surface area contributed by atoms with E-state index in [1.54, 1.807) is 0 Å². The molecule has 0 spiro atoms. The number of quaternary nitrogens is 1. The zero-order valence-corrected chi connectivity index (χ0v) is 23.6. The number of likely N-dealkylation sites (N-methyl/N-ethyl adjacent to an activating group) is 1. The molecule has 208 valence electrons. The van der Waals surface area contributed by atoms with Gasteiger partial charge in [-0.25, -0.2) is 0 Å². The van der Waals surface area contributed by atoms with E-state index < -0.39 is 7.82 Å². The van der Waals surface area contributed by atoms with Gasteiger partial charge in [0.05, 0.1) is 27.2 Å². The Labute approximate surface area is 210 Å². The molecule has 0 aliphatic heterocycles. The predicted molar refractivity (Wildman–Crippen MR) is 140 cm³/mol. The van der Waals surface area contributed by atoms with E-state index in [1.165, 1.54) is 96.3 Å². The van der Waals surface area contributed by atoms with Gasteiger partial charge in [0.1, 0.15) is 6.54 Å². The van der Waals surface area contributed by atoms with Crippen molar-refractivity contribution in [2.45, 2.75) is 123 Å². The van der Waals surface area contributed by atoms with Crippen LogP contribution in [-0.4, -0.2) is 59.1 Å². The largest absolute Gasteiger partial charge is 0.756 e. The summed E-state index contributed by atoms with van der Waals surface area (Å²) in [6, 6.07) is 0. The van der Waals surface area contributed by atoms with Gasteiger partial charge in [-0.05, 0) is 12.8 Å². The lowest BCUT2D eigenvalue weighted by molar-refractivity contribution is -0.890. The summed E-state index contributed by atoms with van der Waals surface area (Å²) >= 11 is 0. The van der Waals surface area contributed by atoms with Gasteiger partial charge in [-0.3, -0.25) is 9.36 Å². The Balaban J connectivity index is -0.000000563. The fourth-order valence-electron chi connectivity index (χ4n) is 3.66. The van der Waals surface area contributed by atoms with Crippen LogP contribution in [0.3, 0.4) is 0 Å². The molecular formula is C25H57N2O6P. The van der Waals surface area contributed by atoms with Crippen molar-refractivity contribution in [3.8, 4) is 0 Å². The molecule has 0 aromatic heterocycles. The maximum absolute atomic E-state index is 10.6. The first-order valence-corrected chi connectivity index (χ1v) is 14.9. The highest BCUT2D eigenvalue weighted by Gasteiger charge is 2.10. The topological polar surface area (TPSA) is 144 Å². The number of hydrogen-bond donors (Lipinski definition) is 4. The van der Waals surface area contributed by atoms with Gasteiger partial charge in [0.15, 0.2) is 0 Å². The minimum atomic E-state index is -4.89. The fraction of sp³-hybridized carbons (Fsp3) is 0.960. The van der Waals surface area contributed by atoms with E-state index in [1.807, 2.05) is 0 Å². The summed E-state index contributed by atoms with van der Waals surface area (Å²) in [6.07, 6.45) is 22.1. The Bertz CT molecular complexity index is 456. The van der Waals surface area contributed by atoms with Gasteiger partial charge in [-0.2, -0.15) is 0 Å². The zero-order valence-electron chi connectivity index (χ0n) is 22.7. The summed E-state index contributed by atoms with van der Waals surface area (Å²) in [5.41, 5.74) is 5.11. The molecular weight excluding hydrogens is 455 g/mol. The standard InChI is InChI=1S/C18H37NO.C7H18NO.H3O4P/c1-2-3-4-5-6-7-8-9-10-11-12-13-14-15-16-17-18(19)20;1-4-5-8(2,3)6-7-9;1-5(2,3)4/h2-17H2,1H3,(H2,19,20);9H,4-7H2,1-3H3;(H3,1,2,3,4)/q;+1;/p-1. The zero-order chi connectivity index (χ0) is 26.7. The first-order valence-electron chi connectivity index (χ1n) is 13.4. The Hall–Kier alpha value is -0.500. The average Bonchev–Trinajstić information content (AvgIpc) is 2.70. The number of carbonyl (C=O) groups is 1. The van der Waals surface area contributed by atoms with Crippen LogP contribution >= 0.6 is 7.82 Å². The van der Waals surface area contributed by atoms with E-state index in [9.17, 15) is 4.79 Å². The molecule has 0 saturated heterocycles. The molecule has 0 radical (unpaired) electrons. The smallest absolute Gasteiger partial charge is 0.262 e. The molecule has 8 nitrogen and oxygen atoms in total. The number of phosphoric acid groups is 1. The van der Waals surface area contributed by atoms with Crippen molar-refractivity contribution >= 4 is 13.7 Å². The molecule has 0 unspecified atom stereocenters. The number of carbonyl (C=O) groups excluding carboxylic acids is 1. The Kier molecular flexibility index (Phi) is 30.3.